The number of aromatic nitrogens is 3. The van der Waals surface area contributed by atoms with Gasteiger partial charge in [-0.25, -0.2) is 15.0 Å². The van der Waals surface area contributed by atoms with Gasteiger partial charge < -0.3 is 0 Å². The Morgan fingerprint density at radius 1 is 1.10 bits per heavy atom. The molecule has 2 heterocycles. The number of rotatable bonds is 2. The van der Waals surface area contributed by atoms with Gasteiger partial charge in [-0.3, -0.25) is 0 Å². The van der Waals surface area contributed by atoms with Crippen molar-refractivity contribution in [1.82, 2.24) is 15.0 Å². The number of hydrogen-bond acceptors (Lipinski definition) is 4. The van der Waals surface area contributed by atoms with Crippen molar-refractivity contribution in [2.75, 3.05) is 0 Å². The Kier molecular flexibility index (Phi) is 3.68. The van der Waals surface area contributed by atoms with Gasteiger partial charge in [0, 0.05) is 11.8 Å². The Labute approximate surface area is 133 Å². The molecule has 0 N–H and O–H groups in total. The fourth-order valence-corrected chi connectivity index (χ4v) is 3.23. The molecule has 0 saturated carbocycles. The average Bonchev–Trinajstić information content (AvgIpc) is 2.79. The van der Waals surface area contributed by atoms with Crippen LogP contribution in [-0.2, 0) is 11.8 Å². The lowest BCUT2D eigenvalue weighted by atomic mass is 9.95. The van der Waals surface area contributed by atoms with Crippen LogP contribution in [0.2, 0.25) is 5.15 Å². The third kappa shape index (κ3) is 3.22. The molecule has 108 valence electrons. The second-order valence-corrected chi connectivity index (χ2v) is 7.51. The number of para-hydroxylation sites is 1. The summed E-state index contributed by atoms with van der Waals surface area (Å²) in [6.07, 6.45) is 0.685. The molecule has 0 radical (unpaired) electrons. The zero-order valence-corrected chi connectivity index (χ0v) is 13.8. The first kappa shape index (κ1) is 14.4. The lowest BCUT2D eigenvalue weighted by Gasteiger charge is -2.17. The quantitative estimate of drug-likeness (QED) is 0.647. The van der Waals surface area contributed by atoms with Gasteiger partial charge in [-0.05, 0) is 18.2 Å². The highest BCUT2D eigenvalue weighted by Gasteiger charge is 2.19. The summed E-state index contributed by atoms with van der Waals surface area (Å²) in [5, 5.41) is 1.54. The van der Waals surface area contributed by atoms with Crippen LogP contribution in [0.3, 0.4) is 0 Å². The van der Waals surface area contributed by atoms with E-state index in [0.29, 0.717) is 11.6 Å². The van der Waals surface area contributed by atoms with E-state index >= 15 is 0 Å². The van der Waals surface area contributed by atoms with E-state index in [9.17, 15) is 0 Å². The highest BCUT2D eigenvalue weighted by Crippen LogP contribution is 2.25. The lowest BCUT2D eigenvalue weighted by Crippen LogP contribution is -2.17. The molecule has 3 nitrogen and oxygen atoms in total. The molecule has 5 heteroatoms. The van der Waals surface area contributed by atoms with Crippen molar-refractivity contribution < 1.29 is 0 Å². The molecule has 0 fully saturated rings. The topological polar surface area (TPSA) is 38.7 Å². The molecular formula is C16H16ClN3S. The van der Waals surface area contributed by atoms with Gasteiger partial charge in [0.15, 0.2) is 0 Å². The molecule has 1 aromatic carbocycles. The van der Waals surface area contributed by atoms with Crippen LogP contribution in [0.15, 0.2) is 30.3 Å². The summed E-state index contributed by atoms with van der Waals surface area (Å²) < 4.78 is 1.20. The Morgan fingerprint density at radius 3 is 2.57 bits per heavy atom. The zero-order chi connectivity index (χ0) is 15.0. The van der Waals surface area contributed by atoms with Crippen LogP contribution in [0.1, 0.15) is 37.3 Å². The summed E-state index contributed by atoms with van der Waals surface area (Å²) in [5.74, 6) is 0.770. The van der Waals surface area contributed by atoms with Crippen molar-refractivity contribution in [2.24, 2.45) is 0 Å². The molecule has 21 heavy (non-hydrogen) atoms. The van der Waals surface area contributed by atoms with Gasteiger partial charge in [-0.2, -0.15) is 0 Å². The SMILES string of the molecule is CC(C)(C)c1nc(Cl)cc(Cc2nc3ccccc3s2)n1. The van der Waals surface area contributed by atoms with E-state index < -0.39 is 0 Å². The first-order valence-electron chi connectivity index (χ1n) is 6.80. The van der Waals surface area contributed by atoms with Crippen molar-refractivity contribution in [3.63, 3.8) is 0 Å². The maximum Gasteiger partial charge on any atom is 0.135 e. The number of thiazole rings is 1. The van der Waals surface area contributed by atoms with Crippen LogP contribution in [-0.4, -0.2) is 15.0 Å². The van der Waals surface area contributed by atoms with E-state index in [2.05, 4.69) is 41.8 Å². The number of fused-ring (bicyclic) bond motifs is 1. The van der Waals surface area contributed by atoms with Crippen molar-refractivity contribution >= 4 is 33.2 Å². The minimum atomic E-state index is -0.118. The van der Waals surface area contributed by atoms with Gasteiger partial charge in [0.2, 0.25) is 0 Å². The Morgan fingerprint density at radius 2 is 1.86 bits per heavy atom. The second kappa shape index (κ2) is 5.35. The van der Waals surface area contributed by atoms with Crippen molar-refractivity contribution in [3.8, 4) is 0 Å². The molecular weight excluding hydrogens is 302 g/mol. The molecule has 3 rings (SSSR count). The highest BCUT2D eigenvalue weighted by atomic mass is 35.5. The second-order valence-electron chi connectivity index (χ2n) is 6.01. The summed E-state index contributed by atoms with van der Waals surface area (Å²) in [6, 6.07) is 9.98. The summed E-state index contributed by atoms with van der Waals surface area (Å²) in [6.45, 7) is 6.25. The number of halogens is 1. The fourth-order valence-electron chi connectivity index (χ4n) is 2.04. The third-order valence-electron chi connectivity index (χ3n) is 3.09. The van der Waals surface area contributed by atoms with Crippen LogP contribution >= 0.6 is 22.9 Å². The van der Waals surface area contributed by atoms with E-state index in [-0.39, 0.29) is 5.41 Å². The summed E-state index contributed by atoms with van der Waals surface area (Å²) in [4.78, 5) is 13.6. The molecule has 0 aliphatic carbocycles. The maximum absolute atomic E-state index is 6.13. The smallest absolute Gasteiger partial charge is 0.135 e. The van der Waals surface area contributed by atoms with Crippen molar-refractivity contribution in [2.45, 2.75) is 32.6 Å². The fraction of sp³-hybridized carbons (Fsp3) is 0.312. The average molecular weight is 318 g/mol. The van der Waals surface area contributed by atoms with Gasteiger partial charge >= 0.3 is 0 Å². The number of benzene rings is 1. The van der Waals surface area contributed by atoms with Crippen LogP contribution < -0.4 is 0 Å². The minimum absolute atomic E-state index is 0.118. The predicted molar refractivity (Wildman–Crippen MR) is 88.2 cm³/mol. The molecule has 0 bridgehead atoms. The van der Waals surface area contributed by atoms with E-state index in [1.807, 2.05) is 24.3 Å². The molecule has 0 aliphatic heterocycles. The Bertz CT molecular complexity index is 757. The van der Waals surface area contributed by atoms with Crippen LogP contribution in [0.25, 0.3) is 10.2 Å². The molecule has 0 spiro atoms. The molecule has 2 aromatic heterocycles. The molecule has 3 aromatic rings. The van der Waals surface area contributed by atoms with Crippen LogP contribution in [0.4, 0.5) is 0 Å². The first-order valence-corrected chi connectivity index (χ1v) is 8.00. The van der Waals surface area contributed by atoms with Crippen molar-refractivity contribution in [1.29, 1.82) is 0 Å². The minimum Gasteiger partial charge on any atom is -0.241 e. The Balaban J connectivity index is 1.95. The summed E-state index contributed by atoms with van der Waals surface area (Å²) >= 11 is 7.83. The molecule has 0 amide bonds. The van der Waals surface area contributed by atoms with E-state index in [4.69, 9.17) is 11.6 Å². The monoisotopic (exact) mass is 317 g/mol. The largest absolute Gasteiger partial charge is 0.241 e. The molecule has 0 unspecified atom stereocenters. The highest BCUT2D eigenvalue weighted by molar-refractivity contribution is 7.18. The summed E-state index contributed by atoms with van der Waals surface area (Å²) in [5.41, 5.74) is 1.83. The van der Waals surface area contributed by atoms with Gasteiger partial charge in [0.25, 0.3) is 0 Å². The van der Waals surface area contributed by atoms with E-state index in [1.165, 1.54) is 4.70 Å². The predicted octanol–water partition coefficient (Wildman–Crippen LogP) is 4.63. The zero-order valence-electron chi connectivity index (χ0n) is 12.2. The standard InChI is InChI=1S/C16H16ClN3S/c1-16(2,3)15-18-10(8-13(17)20-15)9-14-19-11-6-4-5-7-12(11)21-14/h4-8H,9H2,1-3H3. The Hall–Kier alpha value is -1.52. The summed E-state index contributed by atoms with van der Waals surface area (Å²) in [7, 11) is 0. The van der Waals surface area contributed by atoms with Gasteiger partial charge in [-0.1, -0.05) is 44.5 Å². The van der Waals surface area contributed by atoms with Crippen molar-refractivity contribution in [3.05, 3.63) is 52.0 Å². The van der Waals surface area contributed by atoms with E-state index in [0.717, 1.165) is 22.0 Å². The van der Waals surface area contributed by atoms with Crippen LogP contribution in [0.5, 0.6) is 0 Å². The molecule has 0 atom stereocenters. The van der Waals surface area contributed by atoms with E-state index in [1.54, 1.807) is 11.3 Å². The maximum atomic E-state index is 6.13. The van der Waals surface area contributed by atoms with Crippen LogP contribution in [0, 0.1) is 0 Å². The molecule has 0 aliphatic rings. The normalized spacial score (nSPS) is 12.0. The van der Waals surface area contributed by atoms with Gasteiger partial charge in [-0.15, -0.1) is 11.3 Å². The lowest BCUT2D eigenvalue weighted by molar-refractivity contribution is 0.542. The van der Waals surface area contributed by atoms with Gasteiger partial charge in [0.05, 0.1) is 20.9 Å². The molecule has 0 saturated heterocycles. The van der Waals surface area contributed by atoms with Gasteiger partial charge in [0.1, 0.15) is 11.0 Å². The third-order valence-corrected chi connectivity index (χ3v) is 4.32. The first-order chi connectivity index (χ1) is 9.91. The number of nitrogens with zero attached hydrogens (tertiary/aromatic N) is 3. The number of hydrogen-bond donors (Lipinski definition) is 0.